The van der Waals surface area contributed by atoms with E-state index < -0.39 is 0 Å². The molecular formula is C10H16BrN3. The number of hydrogen-bond acceptors (Lipinski definition) is 2. The van der Waals surface area contributed by atoms with Crippen molar-refractivity contribution in [3.8, 4) is 0 Å². The van der Waals surface area contributed by atoms with Gasteiger partial charge in [0, 0.05) is 12.5 Å². The molecule has 3 nitrogen and oxygen atoms in total. The Bertz CT molecular complexity index is 302. The molecule has 0 spiro atoms. The van der Waals surface area contributed by atoms with Gasteiger partial charge >= 0.3 is 0 Å². The van der Waals surface area contributed by atoms with Crippen LogP contribution in [0, 0.1) is 0 Å². The van der Waals surface area contributed by atoms with E-state index >= 15 is 0 Å². The molecule has 0 atom stereocenters. The zero-order valence-corrected chi connectivity index (χ0v) is 10.0. The fourth-order valence-corrected chi connectivity index (χ4v) is 2.75. The number of nitrogens with zero attached hydrogens (tertiary/aromatic N) is 2. The summed E-state index contributed by atoms with van der Waals surface area (Å²) in [7, 11) is 0. The van der Waals surface area contributed by atoms with Crippen LogP contribution in [-0.4, -0.2) is 22.9 Å². The molecule has 1 aliphatic rings. The molecule has 0 radical (unpaired) electrons. The maximum Gasteiger partial charge on any atom is 0.0635 e. The molecule has 0 aromatic carbocycles. The molecule has 14 heavy (non-hydrogen) atoms. The second-order valence-electron chi connectivity index (χ2n) is 3.72. The molecule has 1 N–H and O–H groups in total. The van der Waals surface area contributed by atoms with Crippen molar-refractivity contribution in [2.75, 3.05) is 13.1 Å². The third-order valence-corrected chi connectivity index (χ3v) is 3.47. The largest absolute Gasteiger partial charge is 0.317 e. The van der Waals surface area contributed by atoms with Gasteiger partial charge in [-0.3, -0.25) is 4.68 Å². The maximum absolute atomic E-state index is 4.36. The smallest absolute Gasteiger partial charge is 0.0635 e. The van der Waals surface area contributed by atoms with E-state index in [2.05, 4.69) is 38.0 Å². The van der Waals surface area contributed by atoms with Gasteiger partial charge in [-0.1, -0.05) is 0 Å². The van der Waals surface area contributed by atoms with Gasteiger partial charge in [-0.15, -0.1) is 0 Å². The Labute approximate surface area is 93.0 Å². The zero-order chi connectivity index (χ0) is 9.97. The Morgan fingerprint density at radius 3 is 2.93 bits per heavy atom. The fourth-order valence-electron chi connectivity index (χ4n) is 2.13. The van der Waals surface area contributed by atoms with Crippen LogP contribution in [0.15, 0.2) is 10.7 Å². The van der Waals surface area contributed by atoms with E-state index in [0.29, 0.717) is 5.92 Å². The van der Waals surface area contributed by atoms with Crippen molar-refractivity contribution in [2.24, 2.45) is 0 Å². The highest BCUT2D eigenvalue weighted by Crippen LogP contribution is 2.30. The molecule has 2 heterocycles. The first kappa shape index (κ1) is 10.2. The number of hydrogen-bond donors (Lipinski definition) is 1. The van der Waals surface area contributed by atoms with Crippen molar-refractivity contribution in [1.29, 1.82) is 0 Å². The predicted molar refractivity (Wildman–Crippen MR) is 60.4 cm³/mol. The molecule has 1 aliphatic heterocycles. The van der Waals surface area contributed by atoms with Crippen molar-refractivity contribution in [2.45, 2.75) is 32.2 Å². The van der Waals surface area contributed by atoms with Crippen molar-refractivity contribution in [1.82, 2.24) is 15.1 Å². The summed E-state index contributed by atoms with van der Waals surface area (Å²) >= 11 is 3.59. The molecular weight excluding hydrogens is 242 g/mol. The van der Waals surface area contributed by atoms with Crippen LogP contribution in [0.4, 0.5) is 0 Å². The van der Waals surface area contributed by atoms with Crippen LogP contribution in [0.2, 0.25) is 0 Å². The Morgan fingerprint density at radius 1 is 1.57 bits per heavy atom. The Hall–Kier alpha value is -0.350. The molecule has 0 saturated carbocycles. The SMILES string of the molecule is CCn1ncc(Br)c1C1CCNCC1. The van der Waals surface area contributed by atoms with E-state index in [1.54, 1.807) is 0 Å². The Morgan fingerprint density at radius 2 is 2.29 bits per heavy atom. The number of aryl methyl sites for hydroxylation is 1. The van der Waals surface area contributed by atoms with E-state index in [0.717, 1.165) is 19.6 Å². The Balaban J connectivity index is 2.23. The summed E-state index contributed by atoms with van der Waals surface area (Å²) in [6, 6.07) is 0. The molecule has 78 valence electrons. The lowest BCUT2D eigenvalue weighted by molar-refractivity contribution is 0.431. The standard InChI is InChI=1S/C10H16BrN3/c1-2-14-10(9(11)7-13-14)8-3-5-12-6-4-8/h7-8,12H,2-6H2,1H3. The fraction of sp³-hybridized carbons (Fsp3) is 0.700. The minimum atomic E-state index is 0.674. The molecule has 0 amide bonds. The summed E-state index contributed by atoms with van der Waals surface area (Å²) in [5, 5.41) is 7.75. The van der Waals surface area contributed by atoms with Gasteiger partial charge in [-0.2, -0.15) is 5.10 Å². The van der Waals surface area contributed by atoms with Gasteiger partial charge in [0.1, 0.15) is 0 Å². The first-order valence-corrected chi connectivity index (χ1v) is 6.04. The number of piperidine rings is 1. The monoisotopic (exact) mass is 257 g/mol. The van der Waals surface area contributed by atoms with E-state index in [1.165, 1.54) is 23.0 Å². The molecule has 1 aromatic heterocycles. The lowest BCUT2D eigenvalue weighted by atomic mass is 9.94. The van der Waals surface area contributed by atoms with E-state index in [9.17, 15) is 0 Å². The summed E-state index contributed by atoms with van der Waals surface area (Å²) in [5.74, 6) is 0.674. The first-order valence-electron chi connectivity index (χ1n) is 5.25. The Kier molecular flexibility index (Phi) is 3.23. The summed E-state index contributed by atoms with van der Waals surface area (Å²) < 4.78 is 3.28. The first-order chi connectivity index (χ1) is 6.83. The normalized spacial score (nSPS) is 18.7. The van der Waals surface area contributed by atoms with Crippen molar-refractivity contribution in [3.05, 3.63) is 16.4 Å². The second-order valence-corrected chi connectivity index (χ2v) is 4.57. The molecule has 2 rings (SSSR count). The summed E-state index contributed by atoms with van der Waals surface area (Å²) in [5.41, 5.74) is 1.38. The van der Waals surface area contributed by atoms with Gasteiger partial charge in [0.05, 0.1) is 16.4 Å². The third kappa shape index (κ3) is 1.86. The number of rotatable bonds is 2. The van der Waals surface area contributed by atoms with Crippen LogP contribution in [-0.2, 0) is 6.54 Å². The predicted octanol–water partition coefficient (Wildman–Crippen LogP) is 2.13. The number of aromatic nitrogens is 2. The molecule has 0 unspecified atom stereocenters. The van der Waals surface area contributed by atoms with Crippen LogP contribution in [0.5, 0.6) is 0 Å². The lowest BCUT2D eigenvalue weighted by Gasteiger charge is -2.23. The quantitative estimate of drug-likeness (QED) is 0.880. The third-order valence-electron chi connectivity index (χ3n) is 2.86. The van der Waals surface area contributed by atoms with E-state index in [1.807, 2.05) is 6.20 Å². The highest BCUT2D eigenvalue weighted by molar-refractivity contribution is 9.10. The summed E-state index contributed by atoms with van der Waals surface area (Å²) in [6.07, 6.45) is 4.37. The highest BCUT2D eigenvalue weighted by atomic mass is 79.9. The lowest BCUT2D eigenvalue weighted by Crippen LogP contribution is -2.28. The van der Waals surface area contributed by atoms with E-state index in [-0.39, 0.29) is 0 Å². The van der Waals surface area contributed by atoms with Crippen molar-refractivity contribution < 1.29 is 0 Å². The molecule has 4 heteroatoms. The van der Waals surface area contributed by atoms with Crippen LogP contribution in [0.3, 0.4) is 0 Å². The average Bonchev–Trinajstić information content (AvgIpc) is 2.61. The zero-order valence-electron chi connectivity index (χ0n) is 8.46. The van der Waals surface area contributed by atoms with Gasteiger partial charge in [-0.05, 0) is 48.8 Å². The van der Waals surface area contributed by atoms with Gasteiger partial charge < -0.3 is 5.32 Å². The number of nitrogens with one attached hydrogen (secondary N) is 1. The van der Waals surface area contributed by atoms with Crippen LogP contribution >= 0.6 is 15.9 Å². The second kappa shape index (κ2) is 4.45. The van der Waals surface area contributed by atoms with Crippen molar-refractivity contribution >= 4 is 15.9 Å². The van der Waals surface area contributed by atoms with Gasteiger partial charge in [0.15, 0.2) is 0 Å². The molecule has 0 aliphatic carbocycles. The van der Waals surface area contributed by atoms with Crippen LogP contribution < -0.4 is 5.32 Å². The minimum absolute atomic E-state index is 0.674. The average molecular weight is 258 g/mol. The maximum atomic E-state index is 4.36. The number of halogens is 1. The topological polar surface area (TPSA) is 29.9 Å². The van der Waals surface area contributed by atoms with Gasteiger partial charge in [0.25, 0.3) is 0 Å². The molecule has 1 aromatic rings. The molecule has 1 saturated heterocycles. The van der Waals surface area contributed by atoms with Crippen molar-refractivity contribution in [3.63, 3.8) is 0 Å². The van der Waals surface area contributed by atoms with Gasteiger partial charge in [0.2, 0.25) is 0 Å². The highest BCUT2D eigenvalue weighted by Gasteiger charge is 2.21. The summed E-state index contributed by atoms with van der Waals surface area (Å²) in [4.78, 5) is 0. The van der Waals surface area contributed by atoms with Crippen LogP contribution in [0.25, 0.3) is 0 Å². The summed E-state index contributed by atoms with van der Waals surface area (Å²) in [6.45, 7) is 5.37. The van der Waals surface area contributed by atoms with Crippen LogP contribution in [0.1, 0.15) is 31.4 Å². The minimum Gasteiger partial charge on any atom is -0.317 e. The van der Waals surface area contributed by atoms with Gasteiger partial charge in [-0.25, -0.2) is 0 Å². The molecule has 1 fully saturated rings. The molecule has 0 bridgehead atoms. The van der Waals surface area contributed by atoms with E-state index in [4.69, 9.17) is 0 Å².